The third-order valence-electron chi connectivity index (χ3n) is 3.36. The van der Waals surface area contributed by atoms with Crippen molar-refractivity contribution in [2.75, 3.05) is 11.9 Å². The quantitative estimate of drug-likeness (QED) is 0.897. The van der Waals surface area contributed by atoms with E-state index in [4.69, 9.17) is 5.11 Å². The van der Waals surface area contributed by atoms with E-state index in [1.807, 2.05) is 0 Å². The lowest BCUT2D eigenvalue weighted by Crippen LogP contribution is -2.28. The highest BCUT2D eigenvalue weighted by Gasteiger charge is 2.20. The lowest BCUT2D eigenvalue weighted by Gasteiger charge is -2.25. The number of amides is 1. The van der Waals surface area contributed by atoms with Gasteiger partial charge in [-0.15, -0.1) is 0 Å². The molecule has 0 aliphatic rings. The molecule has 0 saturated carbocycles. The molecule has 116 valence electrons. The molecule has 1 aromatic rings. The third kappa shape index (κ3) is 5.58. The van der Waals surface area contributed by atoms with E-state index in [0.717, 1.165) is 6.42 Å². The lowest BCUT2D eigenvalue weighted by atomic mass is 9.84. The molecule has 0 bridgehead atoms. The zero-order chi connectivity index (χ0) is 16.2. The first kappa shape index (κ1) is 17.2. The average molecular weight is 291 g/mol. The van der Waals surface area contributed by atoms with E-state index in [2.05, 4.69) is 27.7 Å². The first-order valence-electron chi connectivity index (χ1n) is 7.20. The van der Waals surface area contributed by atoms with Crippen LogP contribution in [-0.2, 0) is 4.79 Å². The van der Waals surface area contributed by atoms with Crippen LogP contribution < -0.4 is 4.90 Å². The second kappa shape index (κ2) is 6.74. The molecule has 0 aliphatic heterocycles. The van der Waals surface area contributed by atoms with Crippen molar-refractivity contribution < 1.29 is 14.7 Å². The second-order valence-electron chi connectivity index (χ2n) is 6.88. The van der Waals surface area contributed by atoms with Crippen molar-refractivity contribution in [3.63, 3.8) is 0 Å². The summed E-state index contributed by atoms with van der Waals surface area (Å²) in [5, 5.41) is 8.87. The molecule has 0 heterocycles. The molecule has 0 fully saturated rings. The fraction of sp³-hybridized carbons (Fsp3) is 0.529. The summed E-state index contributed by atoms with van der Waals surface area (Å²) in [6.07, 6.45) is 1.49. The van der Waals surface area contributed by atoms with Gasteiger partial charge in [-0.25, -0.2) is 4.79 Å². The molecule has 0 spiro atoms. The summed E-state index contributed by atoms with van der Waals surface area (Å²) in [5.41, 5.74) is 1.15. The summed E-state index contributed by atoms with van der Waals surface area (Å²) >= 11 is 0. The molecule has 1 unspecified atom stereocenters. The van der Waals surface area contributed by atoms with Crippen molar-refractivity contribution in [2.24, 2.45) is 11.3 Å². The van der Waals surface area contributed by atoms with E-state index in [1.54, 1.807) is 24.1 Å². The molecule has 1 aromatic carbocycles. The predicted octanol–water partition coefficient (Wildman–Crippen LogP) is 3.81. The zero-order valence-electron chi connectivity index (χ0n) is 13.5. The molecule has 21 heavy (non-hydrogen) atoms. The van der Waals surface area contributed by atoms with E-state index in [9.17, 15) is 9.59 Å². The fourth-order valence-corrected chi connectivity index (χ4v) is 2.52. The Hall–Kier alpha value is -1.84. The van der Waals surface area contributed by atoms with Crippen molar-refractivity contribution in [1.29, 1.82) is 0 Å². The van der Waals surface area contributed by atoms with Crippen LogP contribution in [0.3, 0.4) is 0 Å². The first-order valence-corrected chi connectivity index (χ1v) is 7.20. The van der Waals surface area contributed by atoms with Crippen LogP contribution in [0, 0.1) is 11.3 Å². The van der Waals surface area contributed by atoms with E-state index in [-0.39, 0.29) is 16.9 Å². The van der Waals surface area contributed by atoms with Crippen LogP contribution in [0.1, 0.15) is 50.9 Å². The van der Waals surface area contributed by atoms with Crippen LogP contribution in [0.15, 0.2) is 24.3 Å². The van der Waals surface area contributed by atoms with Gasteiger partial charge < -0.3 is 10.0 Å². The molecule has 1 amide bonds. The molecule has 0 aliphatic carbocycles. The smallest absolute Gasteiger partial charge is 0.335 e. The summed E-state index contributed by atoms with van der Waals surface area (Å²) in [7, 11) is 1.72. The Morgan fingerprint density at radius 3 is 2.14 bits per heavy atom. The van der Waals surface area contributed by atoms with Crippen molar-refractivity contribution in [3.8, 4) is 0 Å². The van der Waals surface area contributed by atoms with Crippen LogP contribution in [0.4, 0.5) is 5.69 Å². The van der Waals surface area contributed by atoms with Gasteiger partial charge in [-0.3, -0.25) is 4.79 Å². The number of anilines is 1. The fourth-order valence-electron chi connectivity index (χ4n) is 2.52. The van der Waals surface area contributed by atoms with Gasteiger partial charge in [0.25, 0.3) is 0 Å². The molecule has 1 N–H and O–H groups in total. The van der Waals surface area contributed by atoms with Gasteiger partial charge in [0.05, 0.1) is 5.56 Å². The highest BCUT2D eigenvalue weighted by Crippen LogP contribution is 2.27. The summed E-state index contributed by atoms with van der Waals surface area (Å²) in [5.74, 6) is -0.595. The summed E-state index contributed by atoms with van der Waals surface area (Å²) in [6.45, 7) is 8.59. The van der Waals surface area contributed by atoms with Gasteiger partial charge in [0, 0.05) is 19.2 Å². The number of rotatable bonds is 5. The van der Waals surface area contributed by atoms with Gasteiger partial charge >= 0.3 is 5.97 Å². The Morgan fingerprint density at radius 1 is 1.19 bits per heavy atom. The normalized spacial score (nSPS) is 12.8. The molecule has 0 saturated heterocycles. The van der Waals surface area contributed by atoms with Crippen LogP contribution in [0.5, 0.6) is 0 Å². The number of benzene rings is 1. The first-order chi connectivity index (χ1) is 9.60. The standard InChI is InChI=1S/C17H25NO3/c1-12(11-17(2,3)4)10-15(19)18(5)14-8-6-13(7-9-14)16(20)21/h6-9,12H,10-11H2,1-5H3,(H,20,21). The monoisotopic (exact) mass is 291 g/mol. The summed E-state index contributed by atoms with van der Waals surface area (Å²) in [4.78, 5) is 24.7. The highest BCUT2D eigenvalue weighted by atomic mass is 16.4. The SMILES string of the molecule is CC(CC(=O)N(C)c1ccc(C(=O)O)cc1)CC(C)(C)C. The number of carbonyl (C=O) groups excluding carboxylic acids is 1. The van der Waals surface area contributed by atoms with Gasteiger partial charge in [0.2, 0.25) is 5.91 Å². The Morgan fingerprint density at radius 2 is 1.71 bits per heavy atom. The van der Waals surface area contributed by atoms with E-state index in [0.29, 0.717) is 18.0 Å². The molecule has 4 heteroatoms. The number of nitrogens with zero attached hydrogens (tertiary/aromatic N) is 1. The molecule has 4 nitrogen and oxygen atoms in total. The third-order valence-corrected chi connectivity index (χ3v) is 3.36. The van der Waals surface area contributed by atoms with Gasteiger partial charge in [-0.1, -0.05) is 27.7 Å². The van der Waals surface area contributed by atoms with E-state index < -0.39 is 5.97 Å². The largest absolute Gasteiger partial charge is 0.478 e. The predicted molar refractivity (Wildman–Crippen MR) is 84.7 cm³/mol. The number of carboxylic acid groups (broad SMARTS) is 1. The minimum Gasteiger partial charge on any atom is -0.478 e. The van der Waals surface area contributed by atoms with Crippen LogP contribution >= 0.6 is 0 Å². The number of hydrogen-bond acceptors (Lipinski definition) is 2. The number of hydrogen-bond donors (Lipinski definition) is 1. The molecular weight excluding hydrogens is 266 g/mol. The van der Waals surface area contributed by atoms with Crippen molar-refractivity contribution >= 4 is 17.6 Å². The molecule has 0 aromatic heterocycles. The topological polar surface area (TPSA) is 57.6 Å². The Bertz CT molecular complexity index is 500. The summed E-state index contributed by atoms with van der Waals surface area (Å²) < 4.78 is 0. The highest BCUT2D eigenvalue weighted by molar-refractivity contribution is 5.94. The number of carbonyl (C=O) groups is 2. The van der Waals surface area contributed by atoms with Crippen LogP contribution in [-0.4, -0.2) is 24.0 Å². The van der Waals surface area contributed by atoms with E-state index in [1.165, 1.54) is 12.1 Å². The maximum Gasteiger partial charge on any atom is 0.335 e. The average Bonchev–Trinajstić information content (AvgIpc) is 2.35. The van der Waals surface area contributed by atoms with Gasteiger partial charge in [-0.05, 0) is 42.0 Å². The van der Waals surface area contributed by atoms with Gasteiger partial charge in [0.1, 0.15) is 0 Å². The van der Waals surface area contributed by atoms with Crippen LogP contribution in [0.25, 0.3) is 0 Å². The molecule has 0 radical (unpaired) electrons. The number of carboxylic acids is 1. The van der Waals surface area contributed by atoms with Crippen molar-refractivity contribution in [3.05, 3.63) is 29.8 Å². The molecule has 1 rings (SSSR count). The van der Waals surface area contributed by atoms with Crippen LogP contribution in [0.2, 0.25) is 0 Å². The Labute approximate surface area is 126 Å². The zero-order valence-corrected chi connectivity index (χ0v) is 13.5. The summed E-state index contributed by atoms with van der Waals surface area (Å²) in [6, 6.07) is 6.35. The number of aromatic carboxylic acids is 1. The van der Waals surface area contributed by atoms with Crippen molar-refractivity contribution in [2.45, 2.75) is 40.5 Å². The molecule has 1 atom stereocenters. The minimum atomic E-state index is -0.964. The van der Waals surface area contributed by atoms with E-state index >= 15 is 0 Å². The lowest BCUT2D eigenvalue weighted by molar-refractivity contribution is -0.119. The minimum absolute atomic E-state index is 0.0508. The second-order valence-corrected chi connectivity index (χ2v) is 6.88. The maximum absolute atomic E-state index is 12.3. The Kier molecular flexibility index (Phi) is 5.53. The van der Waals surface area contributed by atoms with Gasteiger partial charge in [0.15, 0.2) is 0 Å². The Balaban J connectivity index is 2.67. The van der Waals surface area contributed by atoms with Crippen molar-refractivity contribution in [1.82, 2.24) is 0 Å². The maximum atomic E-state index is 12.3. The van der Waals surface area contributed by atoms with Gasteiger partial charge in [-0.2, -0.15) is 0 Å². The molecular formula is C17H25NO3.